The maximum atomic E-state index is 12.8. The number of thiocarbonyl (C=S) groups is 1. The fourth-order valence-corrected chi connectivity index (χ4v) is 3.84. The number of carbonyl (C=O) groups excluding carboxylic acids is 2. The summed E-state index contributed by atoms with van der Waals surface area (Å²) in [6.07, 6.45) is 3.54. The molecule has 1 aliphatic carbocycles. The second kappa shape index (κ2) is 6.46. The lowest BCUT2D eigenvalue weighted by atomic mass is 10.1. The largest absolute Gasteiger partial charge is 0.318 e. The van der Waals surface area contributed by atoms with E-state index in [1.54, 1.807) is 11.0 Å². The standard InChI is InChI=1S/C21H21N3O2S/c1-12-4-6-16(7-5-12)23-13(2)10-15(14(23)3)11-18-19(25)22-21(27)24(20(18)26)17-8-9-17/h4-7,10-11,17H,8-9H2,1-3H3,(H,22,25,27). The van der Waals surface area contributed by atoms with Gasteiger partial charge in [-0.2, -0.15) is 0 Å². The number of rotatable bonds is 3. The van der Waals surface area contributed by atoms with Crippen LogP contribution in [0.3, 0.4) is 0 Å². The third-order valence-corrected chi connectivity index (χ3v) is 5.41. The van der Waals surface area contributed by atoms with Gasteiger partial charge in [0, 0.05) is 23.1 Å². The Morgan fingerprint density at radius 1 is 1.11 bits per heavy atom. The van der Waals surface area contributed by atoms with Crippen molar-refractivity contribution < 1.29 is 9.59 Å². The number of nitrogens with zero attached hydrogens (tertiary/aromatic N) is 2. The van der Waals surface area contributed by atoms with Gasteiger partial charge in [0.2, 0.25) is 0 Å². The van der Waals surface area contributed by atoms with E-state index in [2.05, 4.69) is 41.1 Å². The van der Waals surface area contributed by atoms with Crippen LogP contribution in [0.25, 0.3) is 11.8 Å². The van der Waals surface area contributed by atoms with Crippen molar-refractivity contribution in [2.75, 3.05) is 0 Å². The summed E-state index contributed by atoms with van der Waals surface area (Å²) in [7, 11) is 0. The summed E-state index contributed by atoms with van der Waals surface area (Å²) < 4.78 is 2.13. The molecule has 2 amide bonds. The Balaban J connectivity index is 1.74. The summed E-state index contributed by atoms with van der Waals surface area (Å²) in [6.45, 7) is 6.06. The first-order valence-electron chi connectivity index (χ1n) is 9.03. The first-order valence-corrected chi connectivity index (χ1v) is 9.44. The van der Waals surface area contributed by atoms with E-state index in [4.69, 9.17) is 12.2 Å². The van der Waals surface area contributed by atoms with Gasteiger partial charge in [-0.1, -0.05) is 17.7 Å². The number of hydrogen-bond acceptors (Lipinski definition) is 3. The number of carbonyl (C=O) groups is 2. The zero-order valence-electron chi connectivity index (χ0n) is 15.6. The smallest absolute Gasteiger partial charge is 0.265 e. The molecule has 6 heteroatoms. The highest BCUT2D eigenvalue weighted by Crippen LogP contribution is 2.31. The van der Waals surface area contributed by atoms with Crippen LogP contribution in [0.4, 0.5) is 0 Å². The van der Waals surface area contributed by atoms with E-state index < -0.39 is 5.91 Å². The Hall–Kier alpha value is -2.73. The summed E-state index contributed by atoms with van der Waals surface area (Å²) in [5, 5.41) is 2.87. The summed E-state index contributed by atoms with van der Waals surface area (Å²) >= 11 is 5.18. The first kappa shape index (κ1) is 17.7. The third-order valence-electron chi connectivity index (χ3n) is 5.11. The first-order chi connectivity index (χ1) is 12.9. The molecule has 0 radical (unpaired) electrons. The predicted molar refractivity (Wildman–Crippen MR) is 109 cm³/mol. The second-order valence-electron chi connectivity index (χ2n) is 7.22. The predicted octanol–water partition coefficient (Wildman–Crippen LogP) is 3.19. The third kappa shape index (κ3) is 3.10. The molecule has 1 N–H and O–H groups in total. The summed E-state index contributed by atoms with van der Waals surface area (Å²) in [5.74, 6) is -0.728. The van der Waals surface area contributed by atoms with Crippen molar-refractivity contribution in [3.8, 4) is 5.69 Å². The van der Waals surface area contributed by atoms with Crippen molar-refractivity contribution in [1.29, 1.82) is 0 Å². The molecule has 0 atom stereocenters. The lowest BCUT2D eigenvalue weighted by molar-refractivity contribution is -0.129. The molecule has 1 aliphatic heterocycles. The highest BCUT2D eigenvalue weighted by atomic mass is 32.1. The molecule has 2 aliphatic rings. The Morgan fingerprint density at radius 3 is 2.41 bits per heavy atom. The number of aromatic nitrogens is 1. The van der Waals surface area contributed by atoms with Crippen LogP contribution in [0, 0.1) is 20.8 Å². The molecule has 1 saturated heterocycles. The molecule has 2 fully saturated rings. The molecule has 1 aromatic heterocycles. The molecule has 2 aromatic rings. The quantitative estimate of drug-likeness (QED) is 0.506. The Morgan fingerprint density at radius 2 is 1.78 bits per heavy atom. The van der Waals surface area contributed by atoms with Gasteiger partial charge in [0.1, 0.15) is 5.57 Å². The SMILES string of the molecule is Cc1ccc(-n2c(C)cc(C=C3C(=O)NC(=S)N(C4CC4)C3=O)c2C)cc1. The molecule has 138 valence electrons. The van der Waals surface area contributed by atoms with Crippen molar-refractivity contribution in [2.45, 2.75) is 39.7 Å². The Kier molecular flexibility index (Phi) is 4.23. The number of nitrogens with one attached hydrogen (secondary N) is 1. The van der Waals surface area contributed by atoms with Crippen LogP contribution in [0.15, 0.2) is 35.9 Å². The zero-order chi connectivity index (χ0) is 19.3. The lowest BCUT2D eigenvalue weighted by Crippen LogP contribution is -2.54. The molecule has 1 aromatic carbocycles. The number of benzene rings is 1. The van der Waals surface area contributed by atoms with E-state index >= 15 is 0 Å². The van der Waals surface area contributed by atoms with Crippen LogP contribution < -0.4 is 5.32 Å². The maximum absolute atomic E-state index is 12.8. The van der Waals surface area contributed by atoms with Gasteiger partial charge < -0.3 is 4.57 Å². The van der Waals surface area contributed by atoms with E-state index in [1.165, 1.54) is 5.56 Å². The van der Waals surface area contributed by atoms with Gasteiger partial charge in [-0.05, 0) is 75.7 Å². The van der Waals surface area contributed by atoms with Crippen molar-refractivity contribution >= 4 is 35.2 Å². The molecule has 4 rings (SSSR count). The zero-order valence-corrected chi connectivity index (χ0v) is 16.4. The van der Waals surface area contributed by atoms with Crippen LogP contribution in [-0.4, -0.2) is 32.4 Å². The Bertz CT molecular complexity index is 997. The van der Waals surface area contributed by atoms with Crippen LogP contribution in [0.1, 0.15) is 35.4 Å². The summed E-state index contributed by atoms with van der Waals surface area (Å²) in [6, 6.07) is 10.4. The van der Waals surface area contributed by atoms with Crippen LogP contribution >= 0.6 is 12.2 Å². The molecule has 1 saturated carbocycles. The van der Waals surface area contributed by atoms with Crippen molar-refractivity contribution in [3.63, 3.8) is 0 Å². The van der Waals surface area contributed by atoms with Crippen molar-refractivity contribution in [2.24, 2.45) is 0 Å². The highest BCUT2D eigenvalue weighted by molar-refractivity contribution is 7.80. The number of aryl methyl sites for hydroxylation is 2. The van der Waals surface area contributed by atoms with Crippen molar-refractivity contribution in [1.82, 2.24) is 14.8 Å². The monoisotopic (exact) mass is 379 g/mol. The normalized spacial score (nSPS) is 19.0. The average molecular weight is 379 g/mol. The molecule has 27 heavy (non-hydrogen) atoms. The van der Waals surface area contributed by atoms with Crippen LogP contribution in [-0.2, 0) is 9.59 Å². The molecule has 2 heterocycles. The van der Waals surface area contributed by atoms with E-state index in [-0.39, 0.29) is 22.6 Å². The molecule has 0 spiro atoms. The minimum absolute atomic E-state index is 0.119. The molecule has 0 unspecified atom stereocenters. The average Bonchev–Trinajstić information content (AvgIpc) is 3.39. The molecule has 5 nitrogen and oxygen atoms in total. The minimum atomic E-state index is -0.429. The van der Waals surface area contributed by atoms with E-state index in [1.807, 2.05) is 19.9 Å². The number of hydrogen-bond donors (Lipinski definition) is 1. The topological polar surface area (TPSA) is 54.3 Å². The second-order valence-corrected chi connectivity index (χ2v) is 7.61. The summed E-state index contributed by atoms with van der Waals surface area (Å²) in [4.78, 5) is 26.8. The molecule has 0 bridgehead atoms. The van der Waals surface area contributed by atoms with Gasteiger partial charge in [0.15, 0.2) is 5.11 Å². The van der Waals surface area contributed by atoms with E-state index in [0.717, 1.165) is 35.5 Å². The number of amides is 2. The van der Waals surface area contributed by atoms with Gasteiger partial charge in [-0.15, -0.1) is 0 Å². The lowest BCUT2D eigenvalue weighted by Gasteiger charge is -2.28. The Labute approximate surface area is 163 Å². The highest BCUT2D eigenvalue weighted by Gasteiger charge is 2.42. The van der Waals surface area contributed by atoms with Crippen molar-refractivity contribution in [3.05, 3.63) is 58.4 Å². The van der Waals surface area contributed by atoms with E-state index in [0.29, 0.717) is 0 Å². The maximum Gasteiger partial charge on any atom is 0.265 e. The van der Waals surface area contributed by atoms with Gasteiger partial charge in [-0.3, -0.25) is 19.8 Å². The van der Waals surface area contributed by atoms with Gasteiger partial charge in [0.05, 0.1) is 0 Å². The van der Waals surface area contributed by atoms with Gasteiger partial charge in [0.25, 0.3) is 11.8 Å². The van der Waals surface area contributed by atoms with Crippen LogP contribution in [0.2, 0.25) is 0 Å². The molecular formula is C21H21N3O2S. The fourth-order valence-electron chi connectivity index (χ4n) is 3.52. The van der Waals surface area contributed by atoms with Gasteiger partial charge in [-0.25, -0.2) is 0 Å². The van der Waals surface area contributed by atoms with E-state index in [9.17, 15) is 9.59 Å². The van der Waals surface area contributed by atoms with Crippen LogP contribution in [0.5, 0.6) is 0 Å². The fraction of sp³-hybridized carbons (Fsp3) is 0.286. The van der Waals surface area contributed by atoms with Gasteiger partial charge >= 0.3 is 0 Å². The summed E-state index contributed by atoms with van der Waals surface area (Å²) in [5.41, 5.74) is 5.27. The minimum Gasteiger partial charge on any atom is -0.318 e. The molecular weight excluding hydrogens is 358 g/mol.